The molecule has 1 saturated heterocycles. The van der Waals surface area contributed by atoms with Gasteiger partial charge in [0.15, 0.2) is 0 Å². The van der Waals surface area contributed by atoms with Gasteiger partial charge in [-0.2, -0.15) is 0 Å². The quantitative estimate of drug-likeness (QED) is 0.661. The number of hydrogen-bond donors (Lipinski definition) is 0. The van der Waals surface area contributed by atoms with Gasteiger partial charge in [-0.1, -0.05) is 6.92 Å². The zero-order valence-electron chi connectivity index (χ0n) is 10.3. The minimum absolute atomic E-state index is 0.316. The summed E-state index contributed by atoms with van der Waals surface area (Å²) in [7, 11) is 0. The molecular formula is C13H23NO. The molecule has 0 spiro atoms. The Labute approximate surface area is 93.0 Å². The number of Topliss-reactive ketones (excluding diaryl/α,β-unsaturated/α-hetero) is 1. The van der Waals surface area contributed by atoms with E-state index >= 15 is 0 Å². The molecule has 1 heterocycles. The maximum atomic E-state index is 11.6. The topological polar surface area (TPSA) is 20.3 Å². The van der Waals surface area contributed by atoms with Crippen molar-refractivity contribution in [1.29, 1.82) is 0 Å². The summed E-state index contributed by atoms with van der Waals surface area (Å²) in [5.41, 5.74) is 0.316. The molecule has 86 valence electrons. The van der Waals surface area contributed by atoms with E-state index < -0.39 is 0 Å². The summed E-state index contributed by atoms with van der Waals surface area (Å²) >= 11 is 0. The highest BCUT2D eigenvalue weighted by atomic mass is 16.1. The molecule has 1 aliphatic heterocycles. The predicted octanol–water partition coefficient (Wildman–Crippen LogP) is 2.62. The van der Waals surface area contributed by atoms with Gasteiger partial charge in [0.1, 0.15) is 5.78 Å². The van der Waals surface area contributed by atoms with Gasteiger partial charge in [0.25, 0.3) is 0 Å². The molecule has 1 saturated carbocycles. The normalized spacial score (nSPS) is 37.1. The highest BCUT2D eigenvalue weighted by molar-refractivity contribution is 5.79. The van der Waals surface area contributed by atoms with E-state index in [9.17, 15) is 4.79 Å². The van der Waals surface area contributed by atoms with E-state index in [0.717, 1.165) is 19.3 Å². The molecular weight excluding hydrogens is 186 g/mol. The zero-order chi connectivity index (χ0) is 11.1. The molecule has 1 aliphatic carbocycles. The number of carbonyl (C=O) groups is 1. The lowest BCUT2D eigenvalue weighted by molar-refractivity contribution is -0.123. The maximum absolute atomic E-state index is 11.6. The minimum Gasteiger partial charge on any atom is -0.300 e. The zero-order valence-corrected chi connectivity index (χ0v) is 10.3. The third-order valence-electron chi connectivity index (χ3n) is 4.34. The van der Waals surface area contributed by atoms with Gasteiger partial charge in [-0.25, -0.2) is 0 Å². The second-order valence-electron chi connectivity index (χ2n) is 5.94. The Kier molecular flexibility index (Phi) is 2.89. The fraction of sp³-hybridized carbons (Fsp3) is 0.923. The summed E-state index contributed by atoms with van der Waals surface area (Å²) in [6, 6.07) is 0.517. The van der Waals surface area contributed by atoms with Crippen molar-refractivity contribution in [3.05, 3.63) is 0 Å². The SMILES string of the molecule is CC1CCC(=O)CC1N1CCCC1(C)C. The molecule has 0 aromatic heterocycles. The van der Waals surface area contributed by atoms with E-state index in [1.807, 2.05) is 0 Å². The van der Waals surface area contributed by atoms with Gasteiger partial charge in [0.2, 0.25) is 0 Å². The van der Waals surface area contributed by atoms with Crippen molar-refractivity contribution in [2.75, 3.05) is 6.54 Å². The fourth-order valence-electron chi connectivity index (χ4n) is 3.28. The first-order valence-corrected chi connectivity index (χ1v) is 6.29. The van der Waals surface area contributed by atoms with Crippen LogP contribution < -0.4 is 0 Å². The molecule has 0 aromatic rings. The molecule has 2 nitrogen and oxygen atoms in total. The number of ketones is 1. The van der Waals surface area contributed by atoms with Crippen molar-refractivity contribution in [3.8, 4) is 0 Å². The van der Waals surface area contributed by atoms with Gasteiger partial charge >= 0.3 is 0 Å². The number of carbonyl (C=O) groups excluding carboxylic acids is 1. The van der Waals surface area contributed by atoms with Gasteiger partial charge in [0, 0.05) is 24.4 Å². The van der Waals surface area contributed by atoms with Gasteiger partial charge < -0.3 is 0 Å². The van der Waals surface area contributed by atoms with E-state index in [0.29, 0.717) is 23.3 Å². The van der Waals surface area contributed by atoms with Crippen LogP contribution in [0.4, 0.5) is 0 Å². The molecule has 2 fully saturated rings. The second kappa shape index (κ2) is 3.89. The monoisotopic (exact) mass is 209 g/mol. The van der Waals surface area contributed by atoms with Crippen LogP contribution in [-0.2, 0) is 4.79 Å². The van der Waals surface area contributed by atoms with Crippen molar-refractivity contribution >= 4 is 5.78 Å². The number of nitrogens with zero attached hydrogens (tertiary/aromatic N) is 1. The summed E-state index contributed by atoms with van der Waals surface area (Å²) in [6.45, 7) is 8.15. The lowest BCUT2D eigenvalue weighted by Crippen LogP contribution is -2.50. The lowest BCUT2D eigenvalue weighted by Gasteiger charge is -2.43. The van der Waals surface area contributed by atoms with Crippen molar-refractivity contribution in [2.24, 2.45) is 5.92 Å². The van der Waals surface area contributed by atoms with Gasteiger partial charge in [-0.15, -0.1) is 0 Å². The second-order valence-corrected chi connectivity index (χ2v) is 5.94. The van der Waals surface area contributed by atoms with Crippen LogP contribution in [0.3, 0.4) is 0 Å². The fourth-order valence-corrected chi connectivity index (χ4v) is 3.28. The van der Waals surface area contributed by atoms with E-state index in [2.05, 4.69) is 25.7 Å². The molecule has 0 radical (unpaired) electrons. The van der Waals surface area contributed by atoms with Gasteiger partial charge in [-0.3, -0.25) is 9.69 Å². The lowest BCUT2D eigenvalue weighted by atomic mass is 9.82. The summed E-state index contributed by atoms with van der Waals surface area (Å²) in [5.74, 6) is 1.17. The third-order valence-corrected chi connectivity index (χ3v) is 4.34. The van der Waals surface area contributed by atoms with E-state index in [1.165, 1.54) is 19.4 Å². The number of likely N-dealkylation sites (tertiary alicyclic amines) is 1. The minimum atomic E-state index is 0.316. The summed E-state index contributed by atoms with van der Waals surface area (Å²) in [4.78, 5) is 14.2. The Hall–Kier alpha value is -0.370. The molecule has 0 amide bonds. The molecule has 0 bridgehead atoms. The number of rotatable bonds is 1. The van der Waals surface area contributed by atoms with Gasteiger partial charge in [-0.05, 0) is 45.6 Å². The first kappa shape index (κ1) is 11.1. The van der Waals surface area contributed by atoms with E-state index in [-0.39, 0.29) is 0 Å². The molecule has 2 rings (SSSR count). The molecule has 0 aromatic carbocycles. The highest BCUT2D eigenvalue weighted by Crippen LogP contribution is 2.36. The van der Waals surface area contributed by atoms with Crippen molar-refractivity contribution in [3.63, 3.8) is 0 Å². The highest BCUT2D eigenvalue weighted by Gasteiger charge is 2.40. The number of hydrogen-bond acceptors (Lipinski definition) is 2. The molecule has 2 aliphatic rings. The smallest absolute Gasteiger partial charge is 0.134 e. The van der Waals surface area contributed by atoms with Crippen LogP contribution in [0.25, 0.3) is 0 Å². The molecule has 2 unspecified atom stereocenters. The van der Waals surface area contributed by atoms with Crippen LogP contribution in [0.1, 0.15) is 52.9 Å². The summed E-state index contributed by atoms with van der Waals surface area (Å²) in [5, 5.41) is 0. The Bertz CT molecular complexity index is 259. The van der Waals surface area contributed by atoms with Crippen LogP contribution in [0, 0.1) is 5.92 Å². The Morgan fingerprint density at radius 3 is 2.73 bits per heavy atom. The first-order chi connectivity index (χ1) is 7.00. The first-order valence-electron chi connectivity index (χ1n) is 6.29. The Balaban J connectivity index is 2.11. The van der Waals surface area contributed by atoms with Crippen LogP contribution >= 0.6 is 0 Å². The van der Waals surface area contributed by atoms with Crippen molar-refractivity contribution < 1.29 is 4.79 Å². The largest absolute Gasteiger partial charge is 0.300 e. The standard InChI is InChI=1S/C13H23NO/c1-10-5-6-11(15)9-12(10)14-8-4-7-13(14,2)3/h10,12H,4-9H2,1-3H3. The third kappa shape index (κ3) is 2.10. The maximum Gasteiger partial charge on any atom is 0.134 e. The Morgan fingerprint density at radius 1 is 1.40 bits per heavy atom. The van der Waals surface area contributed by atoms with Crippen LogP contribution in [0.2, 0.25) is 0 Å². The average Bonchev–Trinajstić information content (AvgIpc) is 2.50. The van der Waals surface area contributed by atoms with Crippen LogP contribution in [0.5, 0.6) is 0 Å². The van der Waals surface area contributed by atoms with Gasteiger partial charge in [0.05, 0.1) is 0 Å². The molecule has 15 heavy (non-hydrogen) atoms. The molecule has 2 atom stereocenters. The summed E-state index contributed by atoms with van der Waals surface area (Å²) in [6.07, 6.45) is 5.28. The van der Waals surface area contributed by atoms with Crippen LogP contribution in [0.15, 0.2) is 0 Å². The molecule has 2 heteroatoms. The summed E-state index contributed by atoms with van der Waals surface area (Å²) < 4.78 is 0. The van der Waals surface area contributed by atoms with Crippen LogP contribution in [-0.4, -0.2) is 28.8 Å². The predicted molar refractivity (Wildman–Crippen MR) is 61.8 cm³/mol. The average molecular weight is 209 g/mol. The Morgan fingerprint density at radius 2 is 2.13 bits per heavy atom. The van der Waals surface area contributed by atoms with Crippen molar-refractivity contribution in [1.82, 2.24) is 4.90 Å². The molecule has 0 N–H and O–H groups in total. The van der Waals surface area contributed by atoms with Crippen molar-refractivity contribution in [2.45, 2.75) is 64.5 Å². The van der Waals surface area contributed by atoms with E-state index in [1.54, 1.807) is 0 Å². The van der Waals surface area contributed by atoms with E-state index in [4.69, 9.17) is 0 Å².